The number of nitrogens with one attached hydrogen (secondary N) is 1. The Balaban J connectivity index is 2.23. The summed E-state index contributed by atoms with van der Waals surface area (Å²) in [7, 11) is 0. The Morgan fingerprint density at radius 1 is 1.39 bits per heavy atom. The van der Waals surface area contributed by atoms with Crippen molar-refractivity contribution in [3.05, 3.63) is 0 Å². The van der Waals surface area contributed by atoms with E-state index in [-0.39, 0.29) is 6.04 Å². The van der Waals surface area contributed by atoms with Crippen molar-refractivity contribution in [2.75, 3.05) is 26.2 Å². The molecule has 0 radical (unpaired) electrons. The van der Waals surface area contributed by atoms with Crippen LogP contribution in [0.4, 0.5) is 0 Å². The fourth-order valence-electron chi connectivity index (χ4n) is 2.56. The minimum atomic E-state index is -0.716. The van der Waals surface area contributed by atoms with Crippen LogP contribution in [0, 0.1) is 5.92 Å². The number of hydrogen-bond acceptors (Lipinski definition) is 3. The molecule has 1 unspecified atom stereocenters. The highest BCUT2D eigenvalue weighted by Crippen LogP contribution is 2.19. The van der Waals surface area contributed by atoms with Gasteiger partial charge in [0.05, 0.1) is 0 Å². The molecule has 2 N–H and O–H groups in total. The number of nitrogens with zero attached hydrogens (tertiary/aromatic N) is 1. The molecule has 4 nitrogen and oxygen atoms in total. The molecule has 4 heteroatoms. The first kappa shape index (κ1) is 15.4. The Labute approximate surface area is 111 Å². The lowest BCUT2D eigenvalue weighted by Crippen LogP contribution is -2.42. The topological polar surface area (TPSA) is 52.6 Å². The van der Waals surface area contributed by atoms with Gasteiger partial charge in [-0.2, -0.15) is 0 Å². The van der Waals surface area contributed by atoms with E-state index in [0.717, 1.165) is 38.5 Å². The fraction of sp³-hybridized carbons (Fsp3) is 0.929. The van der Waals surface area contributed by atoms with Crippen LogP contribution in [-0.2, 0) is 4.79 Å². The average molecular weight is 256 g/mol. The molecule has 0 aromatic rings. The van der Waals surface area contributed by atoms with Crippen LogP contribution in [0.3, 0.4) is 0 Å². The zero-order valence-corrected chi connectivity index (χ0v) is 11.8. The van der Waals surface area contributed by atoms with Gasteiger partial charge < -0.3 is 15.3 Å². The minimum absolute atomic E-state index is 0.381. The van der Waals surface area contributed by atoms with E-state index in [1.807, 2.05) is 0 Å². The summed E-state index contributed by atoms with van der Waals surface area (Å²) in [5.41, 5.74) is 0. The molecule has 0 saturated carbocycles. The van der Waals surface area contributed by atoms with Crippen LogP contribution in [0.25, 0.3) is 0 Å². The van der Waals surface area contributed by atoms with Gasteiger partial charge in [0, 0.05) is 6.54 Å². The van der Waals surface area contributed by atoms with Crippen LogP contribution in [0.2, 0.25) is 0 Å². The number of rotatable bonds is 8. The van der Waals surface area contributed by atoms with Crippen molar-refractivity contribution in [2.24, 2.45) is 5.92 Å². The minimum Gasteiger partial charge on any atom is -0.480 e. The molecule has 1 fully saturated rings. The van der Waals surface area contributed by atoms with Crippen molar-refractivity contribution in [3.63, 3.8) is 0 Å². The lowest BCUT2D eigenvalue weighted by molar-refractivity contribution is -0.139. The third-order valence-electron chi connectivity index (χ3n) is 3.96. The Bertz CT molecular complexity index is 238. The first-order valence-electron chi connectivity index (χ1n) is 7.35. The molecule has 106 valence electrons. The maximum Gasteiger partial charge on any atom is 0.320 e. The van der Waals surface area contributed by atoms with Crippen molar-refractivity contribution in [1.29, 1.82) is 0 Å². The Morgan fingerprint density at radius 3 is 2.56 bits per heavy atom. The zero-order chi connectivity index (χ0) is 13.4. The van der Waals surface area contributed by atoms with Gasteiger partial charge in [0.2, 0.25) is 0 Å². The number of piperidine rings is 1. The van der Waals surface area contributed by atoms with Crippen molar-refractivity contribution >= 4 is 5.97 Å². The van der Waals surface area contributed by atoms with Gasteiger partial charge in [0.25, 0.3) is 0 Å². The van der Waals surface area contributed by atoms with Crippen LogP contribution in [0.5, 0.6) is 0 Å². The van der Waals surface area contributed by atoms with Gasteiger partial charge in [0.15, 0.2) is 0 Å². The lowest BCUT2D eigenvalue weighted by Gasteiger charge is -2.32. The molecule has 1 rings (SSSR count). The van der Waals surface area contributed by atoms with Gasteiger partial charge >= 0.3 is 5.97 Å². The molecule has 18 heavy (non-hydrogen) atoms. The molecule has 0 aromatic heterocycles. The maximum absolute atomic E-state index is 11.1. The van der Waals surface area contributed by atoms with Gasteiger partial charge in [-0.3, -0.25) is 4.79 Å². The molecule has 0 spiro atoms. The molecule has 0 bridgehead atoms. The highest BCUT2D eigenvalue weighted by Gasteiger charge is 2.21. The summed E-state index contributed by atoms with van der Waals surface area (Å²) in [6, 6.07) is -0.381. The Morgan fingerprint density at radius 2 is 2.06 bits per heavy atom. The smallest absolute Gasteiger partial charge is 0.320 e. The van der Waals surface area contributed by atoms with E-state index in [2.05, 4.69) is 24.1 Å². The second kappa shape index (κ2) is 8.48. The average Bonchev–Trinajstić information content (AvgIpc) is 2.39. The second-order valence-corrected chi connectivity index (χ2v) is 5.33. The van der Waals surface area contributed by atoms with Crippen LogP contribution in [0.15, 0.2) is 0 Å². The van der Waals surface area contributed by atoms with Gasteiger partial charge in [-0.15, -0.1) is 0 Å². The van der Waals surface area contributed by atoms with E-state index in [4.69, 9.17) is 5.11 Å². The first-order valence-corrected chi connectivity index (χ1v) is 7.35. The molecular weight excluding hydrogens is 228 g/mol. The summed E-state index contributed by atoms with van der Waals surface area (Å²) in [6.07, 6.45) is 5.52. The molecule has 0 amide bonds. The number of carboxylic acids is 1. The number of aliphatic carboxylic acids is 1. The highest BCUT2D eigenvalue weighted by atomic mass is 16.4. The van der Waals surface area contributed by atoms with E-state index < -0.39 is 5.97 Å². The molecule has 1 heterocycles. The molecular formula is C14H28N2O2. The van der Waals surface area contributed by atoms with Crippen molar-refractivity contribution in [3.8, 4) is 0 Å². The van der Waals surface area contributed by atoms with Crippen LogP contribution in [-0.4, -0.2) is 48.2 Å². The molecule has 1 aliphatic heterocycles. The van der Waals surface area contributed by atoms with E-state index in [1.54, 1.807) is 0 Å². The quantitative estimate of drug-likeness (QED) is 0.697. The van der Waals surface area contributed by atoms with Crippen LogP contribution in [0.1, 0.15) is 46.0 Å². The summed E-state index contributed by atoms with van der Waals surface area (Å²) in [5, 5.41) is 12.2. The van der Waals surface area contributed by atoms with Gasteiger partial charge in [-0.1, -0.05) is 20.3 Å². The molecule has 0 aliphatic carbocycles. The number of likely N-dealkylation sites (tertiary alicyclic amines) is 1. The Hall–Kier alpha value is -0.610. The van der Waals surface area contributed by atoms with Gasteiger partial charge in [-0.25, -0.2) is 0 Å². The van der Waals surface area contributed by atoms with Gasteiger partial charge in [-0.05, 0) is 51.2 Å². The number of hydrogen-bond donors (Lipinski definition) is 2. The molecule has 1 saturated heterocycles. The lowest BCUT2D eigenvalue weighted by atomic mass is 9.94. The van der Waals surface area contributed by atoms with Crippen molar-refractivity contribution in [1.82, 2.24) is 10.2 Å². The summed E-state index contributed by atoms with van der Waals surface area (Å²) in [5.74, 6) is 0.168. The Kier molecular flexibility index (Phi) is 7.28. The monoisotopic (exact) mass is 256 g/mol. The van der Waals surface area contributed by atoms with E-state index in [1.165, 1.54) is 19.3 Å². The fourth-order valence-corrected chi connectivity index (χ4v) is 2.56. The second-order valence-electron chi connectivity index (χ2n) is 5.33. The maximum atomic E-state index is 11.1. The third-order valence-corrected chi connectivity index (χ3v) is 3.96. The number of carbonyl (C=O) groups is 1. The normalized spacial score (nSPS) is 19.9. The molecule has 0 aromatic carbocycles. The summed E-state index contributed by atoms with van der Waals surface area (Å²) < 4.78 is 0. The SMILES string of the molecule is CCCNC(CCN1CCC(CC)CC1)C(=O)O. The van der Waals surface area contributed by atoms with E-state index in [9.17, 15) is 4.79 Å². The predicted molar refractivity (Wildman–Crippen MR) is 73.8 cm³/mol. The van der Waals surface area contributed by atoms with Gasteiger partial charge in [0.1, 0.15) is 6.04 Å². The van der Waals surface area contributed by atoms with Crippen molar-refractivity contribution in [2.45, 2.75) is 52.0 Å². The van der Waals surface area contributed by atoms with Crippen LogP contribution >= 0.6 is 0 Å². The highest BCUT2D eigenvalue weighted by molar-refractivity contribution is 5.73. The molecule has 1 aliphatic rings. The largest absolute Gasteiger partial charge is 0.480 e. The molecule has 1 atom stereocenters. The summed E-state index contributed by atoms with van der Waals surface area (Å²) in [6.45, 7) is 8.28. The predicted octanol–water partition coefficient (Wildman–Crippen LogP) is 1.95. The van der Waals surface area contributed by atoms with E-state index in [0.29, 0.717) is 6.42 Å². The van der Waals surface area contributed by atoms with E-state index >= 15 is 0 Å². The zero-order valence-electron chi connectivity index (χ0n) is 11.8. The standard InChI is InChI=1S/C14H28N2O2/c1-3-8-15-13(14(17)18)7-11-16-9-5-12(4-2)6-10-16/h12-13,15H,3-11H2,1-2H3,(H,17,18). The third kappa shape index (κ3) is 5.36. The van der Waals surface area contributed by atoms with Crippen molar-refractivity contribution < 1.29 is 9.90 Å². The van der Waals surface area contributed by atoms with Crippen LogP contribution < -0.4 is 5.32 Å². The summed E-state index contributed by atoms with van der Waals surface area (Å²) in [4.78, 5) is 13.5. The first-order chi connectivity index (χ1) is 8.67. The summed E-state index contributed by atoms with van der Waals surface area (Å²) >= 11 is 0. The number of carboxylic acid groups (broad SMARTS) is 1.